The van der Waals surface area contributed by atoms with Crippen LogP contribution in [0.1, 0.15) is 32.9 Å². The molecule has 3 aromatic rings. The molecule has 1 aliphatic rings. The van der Waals surface area contributed by atoms with Gasteiger partial charge in [-0.05, 0) is 38.1 Å². The van der Waals surface area contributed by atoms with Crippen LogP contribution < -0.4 is 0 Å². The summed E-state index contributed by atoms with van der Waals surface area (Å²) in [6.45, 7) is 3.53. The number of fused-ring (bicyclic) bond motifs is 1. The molecule has 0 unspecified atom stereocenters. The normalized spacial score (nSPS) is 14.8. The van der Waals surface area contributed by atoms with Crippen LogP contribution in [0.4, 0.5) is 8.78 Å². The van der Waals surface area contributed by atoms with Gasteiger partial charge in [-0.25, -0.2) is 13.5 Å². The lowest BCUT2D eigenvalue weighted by atomic mass is 10.1. The van der Waals surface area contributed by atoms with Crippen LogP contribution >= 0.6 is 0 Å². The fourth-order valence-corrected chi connectivity index (χ4v) is 3.46. The summed E-state index contributed by atoms with van der Waals surface area (Å²) in [6.07, 6.45) is 2.06. The Labute approximate surface area is 154 Å². The third-order valence-corrected chi connectivity index (χ3v) is 4.86. The van der Waals surface area contributed by atoms with Gasteiger partial charge in [-0.2, -0.15) is 5.10 Å². The van der Waals surface area contributed by atoms with E-state index < -0.39 is 11.6 Å². The zero-order valence-corrected chi connectivity index (χ0v) is 14.8. The molecule has 0 spiro atoms. The van der Waals surface area contributed by atoms with Crippen molar-refractivity contribution < 1.29 is 18.7 Å². The maximum Gasteiger partial charge on any atom is 0.189 e. The smallest absolute Gasteiger partial charge is 0.189 e. The van der Waals surface area contributed by atoms with Gasteiger partial charge in [0.2, 0.25) is 0 Å². The van der Waals surface area contributed by atoms with Crippen LogP contribution in [0.25, 0.3) is 11.8 Å². The molecule has 0 saturated heterocycles. The number of aryl methyl sites for hydroxylation is 1. The largest absolute Gasteiger partial charge is 0.508 e. The number of carbonyl (C=O) groups excluding carboxylic acids is 1. The van der Waals surface area contributed by atoms with Crippen LogP contribution in [-0.4, -0.2) is 20.7 Å². The summed E-state index contributed by atoms with van der Waals surface area (Å²) in [4.78, 5) is 12.6. The summed E-state index contributed by atoms with van der Waals surface area (Å²) in [7, 11) is 0. The number of Topliss-reactive ketones (excluding diaryl/α,β-unsaturated/α-hetero) is 1. The first-order valence-electron chi connectivity index (χ1n) is 8.44. The summed E-state index contributed by atoms with van der Waals surface area (Å²) in [5.41, 5.74) is 3.75. The molecule has 0 fully saturated rings. The van der Waals surface area contributed by atoms with Gasteiger partial charge in [0.1, 0.15) is 17.3 Å². The molecule has 1 heterocycles. The summed E-state index contributed by atoms with van der Waals surface area (Å²) >= 11 is 0. The average Bonchev–Trinajstić information content (AvgIpc) is 3.08. The first-order valence-corrected chi connectivity index (χ1v) is 8.44. The van der Waals surface area contributed by atoms with Gasteiger partial charge in [0, 0.05) is 40.4 Å². The number of hydrogen-bond donors (Lipinski definition) is 1. The molecule has 0 amide bonds. The van der Waals surface area contributed by atoms with Crippen LogP contribution in [0, 0.1) is 25.5 Å². The Bertz CT molecular complexity index is 1130. The van der Waals surface area contributed by atoms with Crippen LogP contribution in [-0.2, 0) is 6.42 Å². The highest BCUT2D eigenvalue weighted by atomic mass is 19.1. The molecule has 0 radical (unpaired) electrons. The van der Waals surface area contributed by atoms with Crippen molar-refractivity contribution in [1.82, 2.24) is 9.78 Å². The average molecular weight is 366 g/mol. The molecule has 6 heteroatoms. The molecule has 0 aliphatic heterocycles. The molecule has 0 atom stereocenters. The Balaban J connectivity index is 1.79. The third-order valence-electron chi connectivity index (χ3n) is 4.86. The number of benzene rings is 2. The summed E-state index contributed by atoms with van der Waals surface area (Å²) < 4.78 is 28.7. The first-order chi connectivity index (χ1) is 12.9. The van der Waals surface area contributed by atoms with E-state index in [0.717, 1.165) is 6.07 Å². The predicted octanol–water partition coefficient (Wildman–Crippen LogP) is 4.30. The van der Waals surface area contributed by atoms with Crippen molar-refractivity contribution in [3.05, 3.63) is 81.7 Å². The molecule has 0 saturated carbocycles. The Hall–Kier alpha value is -3.28. The zero-order chi connectivity index (χ0) is 19.3. The quantitative estimate of drug-likeness (QED) is 0.688. The van der Waals surface area contributed by atoms with E-state index in [2.05, 4.69) is 5.10 Å². The summed E-state index contributed by atoms with van der Waals surface area (Å²) in [5.74, 6) is -1.41. The molecule has 0 bridgehead atoms. The summed E-state index contributed by atoms with van der Waals surface area (Å²) in [6, 6.07) is 8.20. The van der Waals surface area contributed by atoms with Crippen LogP contribution in [0.2, 0.25) is 0 Å². The van der Waals surface area contributed by atoms with Gasteiger partial charge in [0.15, 0.2) is 11.6 Å². The van der Waals surface area contributed by atoms with Gasteiger partial charge in [0.25, 0.3) is 0 Å². The Kier molecular flexibility index (Phi) is 3.91. The number of carbonyl (C=O) groups is 1. The highest BCUT2D eigenvalue weighted by Gasteiger charge is 2.27. The van der Waals surface area contributed by atoms with Crippen molar-refractivity contribution in [3.63, 3.8) is 0 Å². The van der Waals surface area contributed by atoms with Crippen molar-refractivity contribution in [2.75, 3.05) is 0 Å². The molecule has 27 heavy (non-hydrogen) atoms. The number of hydrogen-bond acceptors (Lipinski definition) is 3. The molecular weight excluding hydrogens is 350 g/mol. The molecule has 1 aliphatic carbocycles. The standard InChI is InChI=1S/C21H16F2N2O2/c1-11-16(8-13-9-17-15(21(13)27)4-3-5-20(17)26)12(2)25(24-11)19-7-6-14(22)10-18(19)23/h3-8,10,26H,9H2,1-2H3/b13-8-. The van der Waals surface area contributed by atoms with E-state index in [-0.39, 0.29) is 17.2 Å². The minimum atomic E-state index is -0.714. The maximum absolute atomic E-state index is 14.1. The Morgan fingerprint density at radius 3 is 2.67 bits per heavy atom. The lowest BCUT2D eigenvalue weighted by Crippen LogP contribution is -2.02. The monoisotopic (exact) mass is 366 g/mol. The molecular formula is C21H16F2N2O2. The highest BCUT2D eigenvalue weighted by Crippen LogP contribution is 2.34. The topological polar surface area (TPSA) is 55.1 Å². The number of nitrogens with zero attached hydrogens (tertiary/aromatic N) is 2. The fourth-order valence-electron chi connectivity index (χ4n) is 3.46. The van der Waals surface area contributed by atoms with E-state index in [4.69, 9.17) is 0 Å². The van der Waals surface area contributed by atoms with Gasteiger partial charge in [-0.3, -0.25) is 4.79 Å². The van der Waals surface area contributed by atoms with Crippen molar-refractivity contribution >= 4 is 11.9 Å². The molecule has 1 aromatic heterocycles. The minimum Gasteiger partial charge on any atom is -0.508 e. The van der Waals surface area contributed by atoms with Gasteiger partial charge in [-0.1, -0.05) is 12.1 Å². The van der Waals surface area contributed by atoms with E-state index in [9.17, 15) is 18.7 Å². The van der Waals surface area contributed by atoms with Crippen LogP contribution in [0.5, 0.6) is 5.75 Å². The second-order valence-electron chi connectivity index (χ2n) is 6.57. The molecule has 4 nitrogen and oxygen atoms in total. The van der Waals surface area contributed by atoms with E-state index >= 15 is 0 Å². The van der Waals surface area contributed by atoms with Crippen molar-refractivity contribution in [2.45, 2.75) is 20.3 Å². The van der Waals surface area contributed by atoms with E-state index in [1.807, 2.05) is 0 Å². The van der Waals surface area contributed by atoms with Gasteiger partial charge in [0.05, 0.1) is 5.69 Å². The molecule has 2 aromatic carbocycles. The molecule has 1 N–H and O–H groups in total. The number of phenolic OH excluding ortho intramolecular Hbond substituents is 1. The fraction of sp³-hybridized carbons (Fsp3) is 0.143. The summed E-state index contributed by atoms with van der Waals surface area (Å²) in [5, 5.41) is 14.3. The van der Waals surface area contributed by atoms with Crippen LogP contribution in [0.3, 0.4) is 0 Å². The zero-order valence-electron chi connectivity index (χ0n) is 14.8. The van der Waals surface area contributed by atoms with Crippen molar-refractivity contribution in [3.8, 4) is 11.4 Å². The van der Waals surface area contributed by atoms with Crippen LogP contribution in [0.15, 0.2) is 42.0 Å². The first kappa shape index (κ1) is 17.1. The number of allylic oxidation sites excluding steroid dienone is 1. The number of phenols is 1. The number of rotatable bonds is 2. The second kappa shape index (κ2) is 6.16. The Morgan fingerprint density at radius 1 is 1.19 bits per heavy atom. The Morgan fingerprint density at radius 2 is 1.96 bits per heavy atom. The van der Waals surface area contributed by atoms with Crippen molar-refractivity contribution in [1.29, 1.82) is 0 Å². The molecule has 136 valence electrons. The minimum absolute atomic E-state index is 0.0989. The predicted molar refractivity (Wildman–Crippen MR) is 97.1 cm³/mol. The van der Waals surface area contributed by atoms with E-state index in [1.165, 1.54) is 16.8 Å². The second-order valence-corrected chi connectivity index (χ2v) is 6.57. The highest BCUT2D eigenvalue weighted by molar-refractivity contribution is 6.16. The lowest BCUT2D eigenvalue weighted by Gasteiger charge is -2.06. The number of halogens is 2. The van der Waals surface area contributed by atoms with Gasteiger partial charge in [-0.15, -0.1) is 0 Å². The van der Waals surface area contributed by atoms with E-state index in [1.54, 1.807) is 38.1 Å². The maximum atomic E-state index is 14.1. The number of aromatic hydroxyl groups is 1. The third kappa shape index (κ3) is 2.73. The van der Waals surface area contributed by atoms with Crippen molar-refractivity contribution in [2.24, 2.45) is 0 Å². The lowest BCUT2D eigenvalue weighted by molar-refractivity contribution is 0.104. The van der Waals surface area contributed by atoms with Gasteiger partial charge < -0.3 is 5.11 Å². The van der Waals surface area contributed by atoms with Gasteiger partial charge >= 0.3 is 0 Å². The molecule has 4 rings (SSSR count). The SMILES string of the molecule is Cc1nn(-c2ccc(F)cc2F)c(C)c1/C=C1/Cc2c(O)cccc2C1=O. The number of ketones is 1. The van der Waals surface area contributed by atoms with E-state index in [0.29, 0.717) is 40.1 Å². The number of aromatic nitrogens is 2.